The maximum absolute atomic E-state index is 7.67. The molecule has 8 heteroatoms. The van der Waals surface area contributed by atoms with Crippen LogP contribution in [0.4, 0.5) is 0 Å². The van der Waals surface area contributed by atoms with Gasteiger partial charge in [0.1, 0.15) is 0 Å². The van der Waals surface area contributed by atoms with Crippen molar-refractivity contribution in [2.75, 3.05) is 0 Å². The lowest BCUT2D eigenvalue weighted by atomic mass is 9.89. The second-order valence-corrected chi connectivity index (χ2v) is 33.4. The summed E-state index contributed by atoms with van der Waals surface area (Å²) in [6.07, 6.45) is 0.815. The average Bonchev–Trinajstić information content (AvgIpc) is 3.07. The SMILES string of the molecule is CC(CC(C)(C)O[Si](O[Si](C)(C)CC(C)c1ccccc1)(O[Si](C)(C)CC(C)c1ccccc1)O[Si](C)(C)CC(C)c1ccccc1)c1ccccc1. The Bertz CT molecular complexity index is 1400. The topological polar surface area (TPSA) is 36.9 Å². The van der Waals surface area contributed by atoms with Crippen molar-refractivity contribution in [3.63, 3.8) is 0 Å². The van der Waals surface area contributed by atoms with E-state index in [2.05, 4.69) is 202 Å². The first-order valence-electron chi connectivity index (χ1n) is 19.8. The molecule has 0 saturated heterocycles. The lowest BCUT2D eigenvalue weighted by molar-refractivity contribution is -0.0174. The van der Waals surface area contributed by atoms with Gasteiger partial charge in [0.15, 0.2) is 25.0 Å². The Morgan fingerprint density at radius 1 is 0.415 bits per heavy atom. The van der Waals surface area contributed by atoms with Crippen LogP contribution in [0.3, 0.4) is 0 Å². The highest BCUT2D eigenvalue weighted by Gasteiger charge is 2.59. The minimum absolute atomic E-state index is 0.285. The van der Waals surface area contributed by atoms with Gasteiger partial charge in [0.25, 0.3) is 0 Å². The van der Waals surface area contributed by atoms with Crippen molar-refractivity contribution in [3.8, 4) is 0 Å². The summed E-state index contributed by atoms with van der Waals surface area (Å²) in [7, 11) is -11.2. The first kappa shape index (κ1) is 43.3. The highest BCUT2D eigenvalue weighted by atomic mass is 28.5. The molecule has 0 bridgehead atoms. The summed E-state index contributed by atoms with van der Waals surface area (Å²) >= 11 is 0. The smallest absolute Gasteiger partial charge is 0.395 e. The van der Waals surface area contributed by atoms with E-state index < -0.39 is 39.6 Å². The van der Waals surface area contributed by atoms with Crippen LogP contribution < -0.4 is 0 Å². The van der Waals surface area contributed by atoms with E-state index in [9.17, 15) is 0 Å². The van der Waals surface area contributed by atoms with E-state index in [1.165, 1.54) is 22.3 Å². The molecule has 0 amide bonds. The number of hydrogen-bond acceptors (Lipinski definition) is 4. The lowest BCUT2D eigenvalue weighted by Crippen LogP contribution is -2.66. The van der Waals surface area contributed by atoms with E-state index in [0.717, 1.165) is 24.6 Å². The summed E-state index contributed by atoms with van der Waals surface area (Å²) in [5.74, 6) is 1.29. The molecule has 0 N–H and O–H groups in total. The zero-order valence-electron chi connectivity index (χ0n) is 34.8. The van der Waals surface area contributed by atoms with Crippen molar-refractivity contribution in [2.45, 2.75) is 135 Å². The molecule has 0 aliphatic carbocycles. The summed E-state index contributed by atoms with van der Waals surface area (Å²) < 4.78 is 30.6. The van der Waals surface area contributed by atoms with Crippen LogP contribution >= 0.6 is 0 Å². The van der Waals surface area contributed by atoms with Gasteiger partial charge in [0, 0.05) is 0 Å². The van der Waals surface area contributed by atoms with E-state index in [1.807, 2.05) is 0 Å². The van der Waals surface area contributed by atoms with Gasteiger partial charge in [-0.2, -0.15) is 0 Å². The maximum Gasteiger partial charge on any atom is 0.648 e. The summed E-state index contributed by atoms with van der Waals surface area (Å²) in [6, 6.07) is 46.1. The fourth-order valence-electron chi connectivity index (χ4n) is 8.19. The molecule has 0 spiro atoms. The van der Waals surface area contributed by atoms with E-state index in [-0.39, 0.29) is 5.92 Å². The minimum atomic E-state index is -3.82. The molecule has 0 saturated carbocycles. The van der Waals surface area contributed by atoms with E-state index in [4.69, 9.17) is 16.8 Å². The predicted molar refractivity (Wildman–Crippen MR) is 235 cm³/mol. The third kappa shape index (κ3) is 14.0. The fourth-order valence-corrected chi connectivity index (χ4v) is 25.3. The van der Waals surface area contributed by atoms with Gasteiger partial charge >= 0.3 is 9.05 Å². The van der Waals surface area contributed by atoms with E-state index in [1.54, 1.807) is 0 Å². The standard InChI is InChI=1S/C45H68O4Si4/c1-37(41-25-17-13-18-26-41)33-45(5,6)46-53(47-50(7,8)34-38(2)42-27-19-14-20-28-42,48-51(9,10)35-39(3)43-29-21-15-22-30-43)49-52(11,12)36-40(4)44-31-23-16-24-32-44/h13-32,37-40H,33-36H2,1-12H3. The Balaban J connectivity index is 1.77. The van der Waals surface area contributed by atoms with Crippen molar-refractivity contribution in [1.29, 1.82) is 0 Å². The average molecular weight is 785 g/mol. The van der Waals surface area contributed by atoms with Gasteiger partial charge in [-0.05, 0) is 124 Å². The van der Waals surface area contributed by atoms with Crippen molar-refractivity contribution in [2.24, 2.45) is 0 Å². The number of rotatable bonds is 20. The molecule has 4 aromatic carbocycles. The maximum atomic E-state index is 7.67. The normalized spacial score (nSPS) is 16.4. The molecule has 4 unspecified atom stereocenters. The molecular weight excluding hydrogens is 717 g/mol. The second-order valence-electron chi connectivity index (χ2n) is 18.0. The van der Waals surface area contributed by atoms with Crippen molar-refractivity contribution in [1.82, 2.24) is 0 Å². The first-order valence-corrected chi connectivity index (χ1v) is 30.8. The van der Waals surface area contributed by atoms with E-state index >= 15 is 0 Å². The van der Waals surface area contributed by atoms with Gasteiger partial charge < -0.3 is 16.8 Å². The Labute approximate surface area is 327 Å². The molecule has 4 nitrogen and oxygen atoms in total. The third-order valence-electron chi connectivity index (χ3n) is 10.3. The van der Waals surface area contributed by atoms with Gasteiger partial charge in [-0.3, -0.25) is 0 Å². The highest BCUT2D eigenvalue weighted by Crippen LogP contribution is 2.40. The molecule has 0 aliphatic heterocycles. The van der Waals surface area contributed by atoms with Gasteiger partial charge in [0.05, 0.1) is 5.60 Å². The molecule has 4 aromatic rings. The molecule has 0 heterocycles. The summed E-state index contributed by atoms with van der Waals surface area (Å²) in [5.41, 5.74) is 4.75. The molecule has 4 atom stereocenters. The molecule has 0 radical (unpaired) electrons. The van der Waals surface area contributed by atoms with Crippen molar-refractivity contribution in [3.05, 3.63) is 144 Å². The van der Waals surface area contributed by atoms with Gasteiger partial charge in [0.2, 0.25) is 0 Å². The van der Waals surface area contributed by atoms with Crippen LogP contribution in [-0.4, -0.2) is 39.6 Å². The van der Waals surface area contributed by atoms with E-state index in [0.29, 0.717) is 17.8 Å². The van der Waals surface area contributed by atoms with Crippen LogP contribution in [0, 0.1) is 0 Å². The van der Waals surface area contributed by atoms with Crippen LogP contribution in [0.5, 0.6) is 0 Å². The number of benzene rings is 4. The van der Waals surface area contributed by atoms with Crippen LogP contribution in [-0.2, 0) is 16.8 Å². The fraction of sp³-hybridized carbons (Fsp3) is 0.467. The molecule has 53 heavy (non-hydrogen) atoms. The molecule has 4 rings (SSSR count). The summed E-state index contributed by atoms with van der Waals surface area (Å²) in [5, 5.41) is 0. The number of hydrogen-bond donors (Lipinski definition) is 0. The predicted octanol–water partition coefficient (Wildman–Crippen LogP) is 13.5. The largest absolute Gasteiger partial charge is 0.648 e. The van der Waals surface area contributed by atoms with Gasteiger partial charge in [-0.15, -0.1) is 0 Å². The Morgan fingerprint density at radius 3 is 0.925 bits per heavy atom. The van der Waals surface area contributed by atoms with Gasteiger partial charge in [-0.25, -0.2) is 0 Å². The molecular formula is C45H68O4Si4. The molecule has 288 valence electrons. The van der Waals surface area contributed by atoms with Crippen LogP contribution in [0.1, 0.15) is 93.9 Å². The lowest BCUT2D eigenvalue weighted by Gasteiger charge is -2.47. The molecule has 0 aromatic heterocycles. The Hall–Kier alpha value is -2.41. The molecule has 0 aliphatic rings. The summed E-state index contributed by atoms with van der Waals surface area (Å²) in [6.45, 7) is 27.7. The first-order chi connectivity index (χ1) is 24.8. The highest BCUT2D eigenvalue weighted by molar-refractivity contribution is 6.88. The Kier molecular flexibility index (Phi) is 15.1. The van der Waals surface area contributed by atoms with Crippen LogP contribution in [0.25, 0.3) is 0 Å². The zero-order valence-corrected chi connectivity index (χ0v) is 38.8. The monoisotopic (exact) mass is 784 g/mol. The summed E-state index contributed by atoms with van der Waals surface area (Å²) in [4.78, 5) is 0. The molecule has 0 fully saturated rings. The van der Waals surface area contributed by atoms with Crippen LogP contribution in [0.15, 0.2) is 121 Å². The third-order valence-corrected chi connectivity index (χ3v) is 25.5. The second kappa shape index (κ2) is 18.5. The van der Waals surface area contributed by atoms with Crippen LogP contribution in [0.2, 0.25) is 57.4 Å². The zero-order chi connectivity index (χ0) is 38.9. The van der Waals surface area contributed by atoms with Gasteiger partial charge in [-0.1, -0.05) is 149 Å². The quantitative estimate of drug-likeness (QED) is 0.0837. The Morgan fingerprint density at radius 2 is 0.660 bits per heavy atom. The van der Waals surface area contributed by atoms with Crippen molar-refractivity contribution < 1.29 is 16.8 Å². The minimum Gasteiger partial charge on any atom is -0.395 e. The van der Waals surface area contributed by atoms with Crippen molar-refractivity contribution >= 4 is 34.0 Å².